The highest BCUT2D eigenvalue weighted by molar-refractivity contribution is 9.10. The van der Waals surface area contributed by atoms with Crippen molar-refractivity contribution in [1.29, 1.82) is 0 Å². The van der Waals surface area contributed by atoms with Gasteiger partial charge >= 0.3 is 0 Å². The Morgan fingerprint density at radius 3 is 3.00 bits per heavy atom. The maximum atomic E-state index is 5.03. The van der Waals surface area contributed by atoms with Crippen LogP contribution in [-0.2, 0) is 4.74 Å². The lowest BCUT2D eigenvalue weighted by atomic mass is 10.2. The van der Waals surface area contributed by atoms with Crippen LogP contribution in [0, 0.1) is 0 Å². The van der Waals surface area contributed by atoms with E-state index in [4.69, 9.17) is 4.74 Å². The summed E-state index contributed by atoms with van der Waals surface area (Å²) in [5.41, 5.74) is 2.85. The van der Waals surface area contributed by atoms with Gasteiger partial charge in [0.05, 0.1) is 18.5 Å². The first-order valence-electron chi connectivity index (χ1n) is 6.61. The first-order chi connectivity index (χ1) is 10.3. The maximum Gasteiger partial charge on any atom is 0.154 e. The molecule has 2 heterocycles. The average Bonchev–Trinajstić information content (AvgIpc) is 2.91. The Bertz CT molecular complexity index is 756. The standard InChI is InChI=1S/C15H15BrN4O/c1-21-8-7-17-14-5-6-15-18-10-13(20(15)19-14)11-3-2-4-12(16)9-11/h2-6,9-10H,7-8H2,1H3,(H,17,19). The minimum Gasteiger partial charge on any atom is -0.383 e. The highest BCUT2D eigenvalue weighted by Gasteiger charge is 2.08. The summed E-state index contributed by atoms with van der Waals surface area (Å²) in [5, 5.41) is 7.81. The number of halogens is 1. The molecule has 0 spiro atoms. The molecule has 0 aliphatic heterocycles. The molecule has 0 radical (unpaired) electrons. The minimum absolute atomic E-state index is 0.641. The van der Waals surface area contributed by atoms with Crippen LogP contribution in [0.15, 0.2) is 47.1 Å². The van der Waals surface area contributed by atoms with Crippen LogP contribution in [0.2, 0.25) is 0 Å². The normalized spacial score (nSPS) is 11.0. The van der Waals surface area contributed by atoms with Crippen molar-refractivity contribution in [1.82, 2.24) is 14.6 Å². The largest absolute Gasteiger partial charge is 0.383 e. The molecule has 0 saturated heterocycles. The van der Waals surface area contributed by atoms with E-state index >= 15 is 0 Å². The fraction of sp³-hybridized carbons (Fsp3) is 0.200. The Labute approximate surface area is 131 Å². The topological polar surface area (TPSA) is 51.5 Å². The molecule has 3 aromatic rings. The van der Waals surface area contributed by atoms with Gasteiger partial charge in [-0.3, -0.25) is 0 Å². The van der Waals surface area contributed by atoms with Crippen molar-refractivity contribution in [3.63, 3.8) is 0 Å². The van der Waals surface area contributed by atoms with E-state index in [1.54, 1.807) is 7.11 Å². The molecule has 0 fully saturated rings. The quantitative estimate of drug-likeness (QED) is 0.720. The van der Waals surface area contributed by atoms with Gasteiger partial charge in [-0.15, -0.1) is 5.10 Å². The number of hydrogen-bond acceptors (Lipinski definition) is 4. The van der Waals surface area contributed by atoms with Crippen LogP contribution in [0.25, 0.3) is 16.9 Å². The molecule has 0 amide bonds. The third kappa shape index (κ3) is 3.06. The predicted molar refractivity (Wildman–Crippen MR) is 86.5 cm³/mol. The molecule has 21 heavy (non-hydrogen) atoms. The molecule has 0 aliphatic carbocycles. The van der Waals surface area contributed by atoms with Crippen molar-refractivity contribution in [3.05, 3.63) is 47.1 Å². The van der Waals surface area contributed by atoms with Gasteiger partial charge in [-0.2, -0.15) is 0 Å². The number of anilines is 1. The zero-order valence-electron chi connectivity index (χ0n) is 11.6. The molecule has 3 rings (SSSR count). The molecule has 2 aromatic heterocycles. The van der Waals surface area contributed by atoms with E-state index in [-0.39, 0.29) is 0 Å². The Morgan fingerprint density at radius 1 is 1.29 bits per heavy atom. The Morgan fingerprint density at radius 2 is 2.19 bits per heavy atom. The molecule has 108 valence electrons. The lowest BCUT2D eigenvalue weighted by Gasteiger charge is -2.06. The third-order valence-electron chi connectivity index (χ3n) is 3.09. The second-order valence-corrected chi connectivity index (χ2v) is 5.48. The Kier molecular flexibility index (Phi) is 4.17. The summed E-state index contributed by atoms with van der Waals surface area (Å²) in [4.78, 5) is 4.39. The van der Waals surface area contributed by atoms with Crippen molar-refractivity contribution >= 4 is 27.4 Å². The number of hydrogen-bond donors (Lipinski definition) is 1. The highest BCUT2D eigenvalue weighted by Crippen LogP contribution is 2.23. The van der Waals surface area contributed by atoms with E-state index in [0.29, 0.717) is 6.61 Å². The smallest absolute Gasteiger partial charge is 0.154 e. The third-order valence-corrected chi connectivity index (χ3v) is 3.59. The molecule has 5 nitrogen and oxygen atoms in total. The van der Waals surface area contributed by atoms with Gasteiger partial charge in [-0.1, -0.05) is 28.1 Å². The number of aromatic nitrogens is 3. The molecule has 0 saturated carbocycles. The van der Waals surface area contributed by atoms with Crippen molar-refractivity contribution in [3.8, 4) is 11.3 Å². The van der Waals surface area contributed by atoms with Gasteiger partial charge in [-0.05, 0) is 24.3 Å². The first-order valence-corrected chi connectivity index (χ1v) is 7.41. The lowest BCUT2D eigenvalue weighted by molar-refractivity contribution is 0.210. The van der Waals surface area contributed by atoms with Crippen LogP contribution in [-0.4, -0.2) is 34.9 Å². The molecule has 0 atom stereocenters. The van der Waals surface area contributed by atoms with E-state index in [1.165, 1.54) is 0 Å². The summed E-state index contributed by atoms with van der Waals surface area (Å²) in [6, 6.07) is 12.0. The molecule has 0 bridgehead atoms. The predicted octanol–water partition coefficient (Wildman–Crippen LogP) is 3.22. The number of benzene rings is 1. The van der Waals surface area contributed by atoms with Gasteiger partial charge in [0.15, 0.2) is 5.65 Å². The number of ether oxygens (including phenoxy) is 1. The molecule has 1 N–H and O–H groups in total. The number of methoxy groups -OCH3 is 1. The number of nitrogens with one attached hydrogen (secondary N) is 1. The van der Waals surface area contributed by atoms with Crippen LogP contribution >= 0.6 is 15.9 Å². The number of imidazole rings is 1. The average molecular weight is 347 g/mol. The van der Waals surface area contributed by atoms with Crippen molar-refractivity contribution in [2.45, 2.75) is 0 Å². The molecular weight excluding hydrogens is 332 g/mol. The molecular formula is C15H15BrN4O. The Balaban J connectivity index is 1.97. The van der Waals surface area contributed by atoms with Gasteiger partial charge in [0.1, 0.15) is 5.82 Å². The summed E-state index contributed by atoms with van der Waals surface area (Å²) >= 11 is 3.49. The van der Waals surface area contributed by atoms with Crippen LogP contribution in [0.3, 0.4) is 0 Å². The van der Waals surface area contributed by atoms with Crippen molar-refractivity contribution in [2.75, 3.05) is 25.6 Å². The molecule has 1 aromatic carbocycles. The van der Waals surface area contributed by atoms with E-state index in [1.807, 2.05) is 41.0 Å². The van der Waals surface area contributed by atoms with E-state index in [9.17, 15) is 0 Å². The summed E-state index contributed by atoms with van der Waals surface area (Å²) in [6.07, 6.45) is 1.84. The lowest BCUT2D eigenvalue weighted by Crippen LogP contribution is -2.10. The second kappa shape index (κ2) is 6.24. The molecule has 0 unspecified atom stereocenters. The van der Waals surface area contributed by atoms with E-state index in [2.05, 4.69) is 37.4 Å². The molecule has 6 heteroatoms. The SMILES string of the molecule is COCCNc1ccc2ncc(-c3cccc(Br)c3)n2n1. The van der Waals surface area contributed by atoms with Gasteiger partial charge in [-0.25, -0.2) is 9.50 Å². The number of fused-ring (bicyclic) bond motifs is 1. The summed E-state index contributed by atoms with van der Waals surface area (Å²) in [5.74, 6) is 0.800. The second-order valence-electron chi connectivity index (χ2n) is 4.56. The fourth-order valence-electron chi connectivity index (χ4n) is 2.09. The van der Waals surface area contributed by atoms with Crippen LogP contribution in [0.4, 0.5) is 5.82 Å². The number of rotatable bonds is 5. The monoisotopic (exact) mass is 346 g/mol. The van der Waals surface area contributed by atoms with E-state index in [0.717, 1.165) is 33.7 Å². The van der Waals surface area contributed by atoms with Gasteiger partial charge in [0.25, 0.3) is 0 Å². The zero-order valence-corrected chi connectivity index (χ0v) is 13.2. The van der Waals surface area contributed by atoms with Crippen molar-refractivity contribution in [2.24, 2.45) is 0 Å². The van der Waals surface area contributed by atoms with Crippen molar-refractivity contribution < 1.29 is 4.74 Å². The van der Waals surface area contributed by atoms with E-state index < -0.39 is 0 Å². The van der Waals surface area contributed by atoms with Gasteiger partial charge < -0.3 is 10.1 Å². The number of nitrogens with zero attached hydrogens (tertiary/aromatic N) is 3. The zero-order chi connectivity index (χ0) is 14.7. The van der Waals surface area contributed by atoms with Crippen LogP contribution < -0.4 is 5.32 Å². The summed E-state index contributed by atoms with van der Waals surface area (Å²) in [6.45, 7) is 1.36. The van der Waals surface area contributed by atoms with Crippen LogP contribution in [0.5, 0.6) is 0 Å². The summed E-state index contributed by atoms with van der Waals surface area (Å²) < 4.78 is 7.90. The summed E-state index contributed by atoms with van der Waals surface area (Å²) in [7, 11) is 1.68. The minimum atomic E-state index is 0.641. The molecule has 0 aliphatic rings. The van der Waals surface area contributed by atoms with Gasteiger partial charge in [0.2, 0.25) is 0 Å². The fourth-order valence-corrected chi connectivity index (χ4v) is 2.49. The van der Waals surface area contributed by atoms with Crippen LogP contribution in [0.1, 0.15) is 0 Å². The first kappa shape index (κ1) is 14.0. The Hall–Kier alpha value is -1.92. The van der Waals surface area contributed by atoms with Gasteiger partial charge in [0, 0.05) is 23.7 Å². The maximum absolute atomic E-state index is 5.03. The highest BCUT2D eigenvalue weighted by atomic mass is 79.9.